The van der Waals surface area contributed by atoms with Gasteiger partial charge in [0.25, 0.3) is 0 Å². The highest BCUT2D eigenvalue weighted by atomic mass is 79.9. The van der Waals surface area contributed by atoms with Crippen LogP contribution >= 0.6 is 15.9 Å². The summed E-state index contributed by atoms with van der Waals surface area (Å²) in [6.07, 6.45) is 0.544. The Morgan fingerprint density at radius 2 is 2.06 bits per heavy atom. The van der Waals surface area contributed by atoms with Gasteiger partial charge >= 0.3 is 5.97 Å². The van der Waals surface area contributed by atoms with Gasteiger partial charge in [-0.05, 0) is 18.1 Å². The smallest absolute Gasteiger partial charge is 0.326 e. The number of amides is 1. The number of nitrogens with one attached hydrogen (secondary N) is 1. The molecule has 17 heavy (non-hydrogen) atoms. The number of benzene rings is 1. The van der Waals surface area contributed by atoms with Gasteiger partial charge in [-0.2, -0.15) is 0 Å². The van der Waals surface area contributed by atoms with E-state index in [0.717, 1.165) is 10.0 Å². The number of carbonyl (C=O) groups is 2. The van der Waals surface area contributed by atoms with E-state index in [9.17, 15) is 9.59 Å². The monoisotopic (exact) mass is 299 g/mol. The topological polar surface area (TPSA) is 66.4 Å². The van der Waals surface area contributed by atoms with Crippen LogP contribution < -0.4 is 5.32 Å². The first-order valence-electron chi connectivity index (χ1n) is 5.30. The standard InChI is InChI=1S/C12H14BrNO3/c1-2-10(12(16)17)14-11(15)7-8-5-3-4-6-9(8)13/h3-6,10H,2,7H2,1H3,(H,14,15)(H,16,17). The summed E-state index contributed by atoms with van der Waals surface area (Å²) < 4.78 is 0.846. The molecule has 4 nitrogen and oxygen atoms in total. The predicted octanol–water partition coefficient (Wildman–Crippen LogP) is 1.97. The Morgan fingerprint density at radius 1 is 1.41 bits per heavy atom. The molecule has 1 unspecified atom stereocenters. The highest BCUT2D eigenvalue weighted by molar-refractivity contribution is 9.10. The van der Waals surface area contributed by atoms with E-state index in [1.165, 1.54) is 0 Å². The van der Waals surface area contributed by atoms with Crippen LogP contribution in [0.25, 0.3) is 0 Å². The minimum absolute atomic E-state index is 0.172. The van der Waals surface area contributed by atoms with Crippen molar-refractivity contribution < 1.29 is 14.7 Å². The van der Waals surface area contributed by atoms with E-state index in [1.54, 1.807) is 6.92 Å². The highest BCUT2D eigenvalue weighted by Crippen LogP contribution is 2.16. The highest BCUT2D eigenvalue weighted by Gasteiger charge is 2.17. The van der Waals surface area contributed by atoms with Crippen molar-refractivity contribution >= 4 is 27.8 Å². The molecule has 0 saturated heterocycles. The number of carbonyl (C=O) groups excluding carboxylic acids is 1. The van der Waals surface area contributed by atoms with Crippen LogP contribution in [0.3, 0.4) is 0 Å². The van der Waals surface area contributed by atoms with Crippen molar-refractivity contribution in [2.45, 2.75) is 25.8 Å². The molecule has 2 N–H and O–H groups in total. The molecule has 0 bridgehead atoms. The fourth-order valence-electron chi connectivity index (χ4n) is 1.40. The molecule has 92 valence electrons. The minimum atomic E-state index is -1.01. The van der Waals surface area contributed by atoms with Gasteiger partial charge in [-0.15, -0.1) is 0 Å². The Kier molecular flexibility index (Phi) is 5.15. The zero-order chi connectivity index (χ0) is 12.8. The number of halogens is 1. The predicted molar refractivity (Wildman–Crippen MR) is 67.7 cm³/mol. The van der Waals surface area contributed by atoms with Gasteiger partial charge in [0, 0.05) is 4.47 Å². The number of hydrogen-bond donors (Lipinski definition) is 2. The maximum atomic E-state index is 11.6. The lowest BCUT2D eigenvalue weighted by atomic mass is 10.1. The van der Waals surface area contributed by atoms with E-state index in [2.05, 4.69) is 21.2 Å². The summed E-state index contributed by atoms with van der Waals surface area (Å²) in [7, 11) is 0. The molecule has 0 aliphatic rings. The quantitative estimate of drug-likeness (QED) is 0.873. The van der Waals surface area contributed by atoms with E-state index in [0.29, 0.717) is 6.42 Å². The van der Waals surface area contributed by atoms with Crippen LogP contribution in [0.4, 0.5) is 0 Å². The Morgan fingerprint density at radius 3 is 2.59 bits per heavy atom. The van der Waals surface area contributed by atoms with Crippen molar-refractivity contribution in [3.63, 3.8) is 0 Å². The number of carboxylic acid groups (broad SMARTS) is 1. The summed E-state index contributed by atoms with van der Waals surface area (Å²) in [6, 6.07) is 6.55. The van der Waals surface area contributed by atoms with E-state index in [1.807, 2.05) is 24.3 Å². The van der Waals surface area contributed by atoms with Crippen molar-refractivity contribution in [2.24, 2.45) is 0 Å². The third-order valence-electron chi connectivity index (χ3n) is 2.35. The molecule has 1 aromatic carbocycles. The van der Waals surface area contributed by atoms with Gasteiger partial charge in [-0.1, -0.05) is 41.1 Å². The summed E-state index contributed by atoms with van der Waals surface area (Å²) >= 11 is 3.34. The molecule has 0 aliphatic heterocycles. The lowest BCUT2D eigenvalue weighted by molar-refractivity contribution is -0.141. The van der Waals surface area contributed by atoms with Crippen LogP contribution in [0.1, 0.15) is 18.9 Å². The first kappa shape index (κ1) is 13.7. The summed E-state index contributed by atoms with van der Waals surface area (Å²) in [5.74, 6) is -1.29. The zero-order valence-corrected chi connectivity index (χ0v) is 11.0. The van der Waals surface area contributed by atoms with Crippen molar-refractivity contribution in [1.29, 1.82) is 0 Å². The lowest BCUT2D eigenvalue weighted by Crippen LogP contribution is -2.41. The molecule has 1 amide bonds. The summed E-state index contributed by atoms with van der Waals surface area (Å²) in [5, 5.41) is 11.3. The van der Waals surface area contributed by atoms with Crippen molar-refractivity contribution in [3.05, 3.63) is 34.3 Å². The van der Waals surface area contributed by atoms with Gasteiger partial charge < -0.3 is 10.4 Å². The fourth-order valence-corrected chi connectivity index (χ4v) is 1.82. The Balaban J connectivity index is 2.61. The summed E-state index contributed by atoms with van der Waals surface area (Å²) in [5.41, 5.74) is 0.838. The van der Waals surface area contributed by atoms with E-state index < -0.39 is 12.0 Å². The maximum Gasteiger partial charge on any atom is 0.326 e. The van der Waals surface area contributed by atoms with Gasteiger partial charge in [-0.3, -0.25) is 4.79 Å². The summed E-state index contributed by atoms with van der Waals surface area (Å²) in [4.78, 5) is 22.4. The average Bonchev–Trinajstić information content (AvgIpc) is 2.28. The van der Waals surface area contributed by atoms with Crippen LogP contribution in [0.15, 0.2) is 28.7 Å². The molecular formula is C12H14BrNO3. The molecule has 0 aromatic heterocycles. The Labute approximate surface area is 108 Å². The molecule has 0 spiro atoms. The maximum absolute atomic E-state index is 11.6. The number of rotatable bonds is 5. The molecule has 0 heterocycles. The second kappa shape index (κ2) is 6.39. The summed E-state index contributed by atoms with van der Waals surface area (Å²) in [6.45, 7) is 1.72. The molecular weight excluding hydrogens is 286 g/mol. The average molecular weight is 300 g/mol. The largest absolute Gasteiger partial charge is 0.480 e. The van der Waals surface area contributed by atoms with Crippen LogP contribution in [0.2, 0.25) is 0 Å². The molecule has 5 heteroatoms. The Bertz CT molecular complexity index is 420. The van der Waals surface area contributed by atoms with Gasteiger partial charge in [0.05, 0.1) is 6.42 Å². The molecule has 0 saturated carbocycles. The second-order valence-corrected chi connectivity index (χ2v) is 4.49. The molecule has 1 rings (SSSR count). The molecule has 0 aliphatic carbocycles. The molecule has 1 atom stereocenters. The van der Waals surface area contributed by atoms with Crippen molar-refractivity contribution in [2.75, 3.05) is 0 Å². The normalized spacial score (nSPS) is 11.9. The van der Waals surface area contributed by atoms with E-state index in [4.69, 9.17) is 5.11 Å². The molecule has 1 aromatic rings. The second-order valence-electron chi connectivity index (χ2n) is 3.63. The van der Waals surface area contributed by atoms with Gasteiger partial charge in [0.15, 0.2) is 0 Å². The van der Waals surface area contributed by atoms with Crippen LogP contribution in [-0.2, 0) is 16.0 Å². The molecule has 0 radical (unpaired) electrons. The van der Waals surface area contributed by atoms with Crippen molar-refractivity contribution in [1.82, 2.24) is 5.32 Å². The molecule has 0 fully saturated rings. The fraction of sp³-hybridized carbons (Fsp3) is 0.333. The zero-order valence-electron chi connectivity index (χ0n) is 9.44. The van der Waals surface area contributed by atoms with Crippen LogP contribution in [-0.4, -0.2) is 23.0 Å². The number of aliphatic carboxylic acids is 1. The Hall–Kier alpha value is -1.36. The third-order valence-corrected chi connectivity index (χ3v) is 3.12. The number of carboxylic acids is 1. The van der Waals surface area contributed by atoms with Crippen LogP contribution in [0.5, 0.6) is 0 Å². The van der Waals surface area contributed by atoms with Gasteiger partial charge in [-0.25, -0.2) is 4.79 Å². The number of hydrogen-bond acceptors (Lipinski definition) is 2. The SMILES string of the molecule is CCC(NC(=O)Cc1ccccc1Br)C(=O)O. The van der Waals surface area contributed by atoms with E-state index >= 15 is 0 Å². The first-order chi connectivity index (χ1) is 8.04. The lowest BCUT2D eigenvalue weighted by Gasteiger charge is -2.12. The van der Waals surface area contributed by atoms with Crippen LogP contribution in [0, 0.1) is 0 Å². The third kappa shape index (κ3) is 4.19. The van der Waals surface area contributed by atoms with Crippen molar-refractivity contribution in [3.8, 4) is 0 Å². The van der Waals surface area contributed by atoms with Gasteiger partial charge in [0.1, 0.15) is 6.04 Å². The first-order valence-corrected chi connectivity index (χ1v) is 6.09. The van der Waals surface area contributed by atoms with E-state index in [-0.39, 0.29) is 12.3 Å². The minimum Gasteiger partial charge on any atom is -0.480 e. The van der Waals surface area contributed by atoms with Gasteiger partial charge in [0.2, 0.25) is 5.91 Å².